The summed E-state index contributed by atoms with van der Waals surface area (Å²) in [6.07, 6.45) is 0. The van der Waals surface area contributed by atoms with Crippen molar-refractivity contribution in [1.29, 1.82) is 0 Å². The number of hydrogen-bond acceptors (Lipinski definition) is 1. The number of hydrogen-bond donors (Lipinski definition) is 1. The monoisotopic (exact) mass is 169 g/mol. The van der Waals surface area contributed by atoms with Crippen LogP contribution in [0, 0.1) is 0 Å². The lowest BCUT2D eigenvalue weighted by atomic mass is 10.1. The molecule has 0 amide bonds. The molecule has 0 unspecified atom stereocenters. The molecule has 1 rings (SSSR count). The van der Waals surface area contributed by atoms with Crippen molar-refractivity contribution in [3.8, 4) is 0 Å². The van der Waals surface area contributed by atoms with E-state index < -0.39 is 0 Å². The molecule has 0 aromatic heterocycles. The summed E-state index contributed by atoms with van der Waals surface area (Å²) in [5, 5.41) is 3.09. The van der Waals surface area contributed by atoms with E-state index in [4.69, 9.17) is 11.6 Å². The largest absolute Gasteiger partial charge is 0.316 e. The van der Waals surface area contributed by atoms with Crippen LogP contribution in [0.2, 0.25) is 0 Å². The highest BCUT2D eigenvalue weighted by Crippen LogP contribution is 2.06. The molecular formula is C9H12ClN. The Morgan fingerprint density at radius 3 is 2.73 bits per heavy atom. The van der Waals surface area contributed by atoms with Crippen LogP contribution in [0.3, 0.4) is 0 Å². The van der Waals surface area contributed by atoms with E-state index in [0.717, 1.165) is 6.54 Å². The summed E-state index contributed by atoms with van der Waals surface area (Å²) in [7, 11) is 1.94. The zero-order valence-electron chi connectivity index (χ0n) is 6.60. The van der Waals surface area contributed by atoms with Crippen LogP contribution < -0.4 is 5.32 Å². The first-order chi connectivity index (χ1) is 5.36. The van der Waals surface area contributed by atoms with Gasteiger partial charge in [0.25, 0.3) is 0 Å². The number of benzene rings is 1. The summed E-state index contributed by atoms with van der Waals surface area (Å²) in [5.41, 5.74) is 2.46. The van der Waals surface area contributed by atoms with Crippen LogP contribution in [-0.2, 0) is 12.4 Å². The molecule has 1 N–H and O–H groups in total. The lowest BCUT2D eigenvalue weighted by Gasteiger charge is -2.00. The topological polar surface area (TPSA) is 12.0 Å². The first kappa shape index (κ1) is 8.57. The number of alkyl halides is 1. The number of nitrogens with one attached hydrogen (secondary N) is 1. The number of rotatable bonds is 3. The zero-order chi connectivity index (χ0) is 8.10. The molecule has 0 spiro atoms. The van der Waals surface area contributed by atoms with Crippen molar-refractivity contribution < 1.29 is 0 Å². The van der Waals surface area contributed by atoms with Gasteiger partial charge >= 0.3 is 0 Å². The number of halogens is 1. The summed E-state index contributed by atoms with van der Waals surface area (Å²) < 4.78 is 0. The standard InChI is InChI=1S/C9H12ClN/c1-11-7-9-4-2-3-8(5-9)6-10/h2-5,11H,6-7H2,1H3. The van der Waals surface area contributed by atoms with Gasteiger partial charge in [-0.1, -0.05) is 24.3 Å². The van der Waals surface area contributed by atoms with Gasteiger partial charge in [0.2, 0.25) is 0 Å². The molecule has 60 valence electrons. The molecule has 11 heavy (non-hydrogen) atoms. The Kier molecular flexibility index (Phi) is 3.40. The third-order valence-corrected chi connectivity index (χ3v) is 1.84. The lowest BCUT2D eigenvalue weighted by Crippen LogP contribution is -2.04. The van der Waals surface area contributed by atoms with Crippen molar-refractivity contribution in [3.63, 3.8) is 0 Å². The predicted molar refractivity (Wildman–Crippen MR) is 48.8 cm³/mol. The molecule has 0 aliphatic rings. The molecule has 0 aliphatic heterocycles. The lowest BCUT2D eigenvalue weighted by molar-refractivity contribution is 0.817. The Balaban J connectivity index is 2.74. The fourth-order valence-corrected chi connectivity index (χ4v) is 1.19. The molecule has 2 heteroatoms. The zero-order valence-corrected chi connectivity index (χ0v) is 7.36. The van der Waals surface area contributed by atoms with E-state index in [1.807, 2.05) is 19.2 Å². The van der Waals surface area contributed by atoms with Gasteiger partial charge in [0.15, 0.2) is 0 Å². The molecule has 0 bridgehead atoms. The molecule has 0 aliphatic carbocycles. The molecule has 0 radical (unpaired) electrons. The van der Waals surface area contributed by atoms with Crippen LogP contribution in [0.5, 0.6) is 0 Å². The minimum absolute atomic E-state index is 0.595. The Morgan fingerprint density at radius 1 is 1.36 bits per heavy atom. The first-order valence-corrected chi connectivity index (χ1v) is 4.18. The maximum atomic E-state index is 5.68. The van der Waals surface area contributed by atoms with E-state index in [0.29, 0.717) is 5.88 Å². The van der Waals surface area contributed by atoms with Gasteiger partial charge < -0.3 is 5.32 Å². The molecule has 0 saturated heterocycles. The van der Waals surface area contributed by atoms with Crippen molar-refractivity contribution >= 4 is 11.6 Å². The van der Waals surface area contributed by atoms with Gasteiger partial charge in [-0.05, 0) is 18.2 Å². The van der Waals surface area contributed by atoms with Crippen LogP contribution >= 0.6 is 11.6 Å². The van der Waals surface area contributed by atoms with Crippen LogP contribution in [0.4, 0.5) is 0 Å². The molecule has 1 aromatic carbocycles. The quantitative estimate of drug-likeness (QED) is 0.684. The molecular weight excluding hydrogens is 158 g/mol. The van der Waals surface area contributed by atoms with Crippen molar-refractivity contribution in [2.45, 2.75) is 12.4 Å². The first-order valence-electron chi connectivity index (χ1n) is 3.65. The van der Waals surface area contributed by atoms with Gasteiger partial charge in [0.1, 0.15) is 0 Å². The summed E-state index contributed by atoms with van der Waals surface area (Å²) in [6.45, 7) is 0.907. The third-order valence-electron chi connectivity index (χ3n) is 1.53. The van der Waals surface area contributed by atoms with Crippen LogP contribution in [0.1, 0.15) is 11.1 Å². The summed E-state index contributed by atoms with van der Waals surface area (Å²) in [4.78, 5) is 0. The average Bonchev–Trinajstić information content (AvgIpc) is 2.06. The summed E-state index contributed by atoms with van der Waals surface area (Å²) >= 11 is 5.68. The second-order valence-corrected chi connectivity index (χ2v) is 2.75. The minimum Gasteiger partial charge on any atom is -0.316 e. The van der Waals surface area contributed by atoms with E-state index in [1.54, 1.807) is 0 Å². The van der Waals surface area contributed by atoms with Crippen LogP contribution in [0.15, 0.2) is 24.3 Å². The van der Waals surface area contributed by atoms with Gasteiger partial charge in [-0.3, -0.25) is 0 Å². The van der Waals surface area contributed by atoms with Crippen LogP contribution in [-0.4, -0.2) is 7.05 Å². The van der Waals surface area contributed by atoms with Crippen molar-refractivity contribution in [3.05, 3.63) is 35.4 Å². The van der Waals surface area contributed by atoms with Crippen molar-refractivity contribution in [2.24, 2.45) is 0 Å². The van der Waals surface area contributed by atoms with Gasteiger partial charge in [-0.25, -0.2) is 0 Å². The van der Waals surface area contributed by atoms with Gasteiger partial charge in [-0.2, -0.15) is 0 Å². The second-order valence-electron chi connectivity index (χ2n) is 2.48. The molecule has 0 atom stereocenters. The molecule has 0 heterocycles. The second kappa shape index (κ2) is 4.37. The van der Waals surface area contributed by atoms with E-state index in [1.165, 1.54) is 11.1 Å². The fourth-order valence-electron chi connectivity index (χ4n) is 1.03. The normalized spacial score (nSPS) is 10.0. The Labute approximate surface area is 72.4 Å². The average molecular weight is 170 g/mol. The maximum absolute atomic E-state index is 5.68. The fraction of sp³-hybridized carbons (Fsp3) is 0.333. The maximum Gasteiger partial charge on any atom is 0.0474 e. The van der Waals surface area contributed by atoms with Crippen LogP contribution in [0.25, 0.3) is 0 Å². The molecule has 0 fully saturated rings. The SMILES string of the molecule is CNCc1cccc(CCl)c1. The summed E-state index contributed by atoms with van der Waals surface area (Å²) in [5.74, 6) is 0.595. The Morgan fingerprint density at radius 2 is 2.09 bits per heavy atom. The summed E-state index contributed by atoms with van der Waals surface area (Å²) in [6, 6.07) is 8.27. The Bertz CT molecular complexity index is 223. The van der Waals surface area contributed by atoms with Gasteiger partial charge in [-0.15, -0.1) is 11.6 Å². The van der Waals surface area contributed by atoms with Crippen molar-refractivity contribution in [2.75, 3.05) is 7.05 Å². The molecule has 1 nitrogen and oxygen atoms in total. The predicted octanol–water partition coefficient (Wildman–Crippen LogP) is 2.14. The molecule has 0 saturated carbocycles. The minimum atomic E-state index is 0.595. The molecule has 1 aromatic rings. The third kappa shape index (κ3) is 2.52. The van der Waals surface area contributed by atoms with Gasteiger partial charge in [0, 0.05) is 12.4 Å². The van der Waals surface area contributed by atoms with Gasteiger partial charge in [0.05, 0.1) is 0 Å². The smallest absolute Gasteiger partial charge is 0.0474 e. The van der Waals surface area contributed by atoms with E-state index >= 15 is 0 Å². The highest BCUT2D eigenvalue weighted by molar-refractivity contribution is 6.17. The van der Waals surface area contributed by atoms with E-state index in [-0.39, 0.29) is 0 Å². The van der Waals surface area contributed by atoms with E-state index in [2.05, 4.69) is 17.4 Å². The highest BCUT2D eigenvalue weighted by atomic mass is 35.5. The van der Waals surface area contributed by atoms with Crippen molar-refractivity contribution in [1.82, 2.24) is 5.32 Å². The Hall–Kier alpha value is -0.530. The highest BCUT2D eigenvalue weighted by Gasteiger charge is 1.92. The van der Waals surface area contributed by atoms with E-state index in [9.17, 15) is 0 Å².